The van der Waals surface area contributed by atoms with Crippen LogP contribution in [0, 0.1) is 0 Å². The summed E-state index contributed by atoms with van der Waals surface area (Å²) < 4.78 is 43.9. The van der Waals surface area contributed by atoms with Crippen LogP contribution in [0.1, 0.15) is 18.4 Å². The molecular formula is C13H16F3NO. The molecule has 0 atom stereocenters. The van der Waals surface area contributed by atoms with Crippen LogP contribution in [0.5, 0.6) is 5.75 Å². The number of ether oxygens (including phenoxy) is 1. The van der Waals surface area contributed by atoms with Crippen molar-refractivity contribution in [3.63, 3.8) is 0 Å². The summed E-state index contributed by atoms with van der Waals surface area (Å²) in [7, 11) is 0. The molecule has 0 unspecified atom stereocenters. The van der Waals surface area contributed by atoms with Gasteiger partial charge >= 0.3 is 5.92 Å². The summed E-state index contributed by atoms with van der Waals surface area (Å²) in [5.74, 6) is -2.85. The second-order valence-electron chi connectivity index (χ2n) is 4.43. The highest BCUT2D eigenvalue weighted by molar-refractivity contribution is 5.30. The second-order valence-corrected chi connectivity index (χ2v) is 4.43. The molecule has 0 spiro atoms. The maximum absolute atomic E-state index is 13.1. The van der Waals surface area contributed by atoms with Gasteiger partial charge in [-0.15, -0.1) is 0 Å². The molecule has 1 aromatic carbocycles. The van der Waals surface area contributed by atoms with E-state index in [-0.39, 0.29) is 11.7 Å². The molecule has 1 aliphatic heterocycles. The molecular weight excluding hydrogens is 243 g/mol. The van der Waals surface area contributed by atoms with E-state index >= 15 is 0 Å². The predicted molar refractivity (Wildman–Crippen MR) is 62.8 cm³/mol. The van der Waals surface area contributed by atoms with Gasteiger partial charge in [-0.2, -0.15) is 8.78 Å². The van der Waals surface area contributed by atoms with Gasteiger partial charge in [0.1, 0.15) is 11.9 Å². The number of rotatable bonds is 4. The summed E-state index contributed by atoms with van der Waals surface area (Å²) >= 11 is 0. The summed E-state index contributed by atoms with van der Waals surface area (Å²) in [6.45, 7) is 0.132. The van der Waals surface area contributed by atoms with Crippen molar-refractivity contribution in [3.05, 3.63) is 29.8 Å². The third kappa shape index (κ3) is 3.16. The fraction of sp³-hybridized carbons (Fsp3) is 0.538. The Labute approximate surface area is 104 Å². The number of piperidine rings is 1. The summed E-state index contributed by atoms with van der Waals surface area (Å²) in [6, 6.07) is 5.38. The Morgan fingerprint density at radius 2 is 1.78 bits per heavy atom. The van der Waals surface area contributed by atoms with Gasteiger partial charge in [0.25, 0.3) is 0 Å². The molecule has 5 heteroatoms. The van der Waals surface area contributed by atoms with E-state index in [9.17, 15) is 13.2 Å². The van der Waals surface area contributed by atoms with Gasteiger partial charge in [-0.25, -0.2) is 4.39 Å². The molecule has 1 aromatic rings. The van der Waals surface area contributed by atoms with Gasteiger partial charge in [0.2, 0.25) is 0 Å². The van der Waals surface area contributed by atoms with Gasteiger partial charge < -0.3 is 10.1 Å². The first-order valence-electron chi connectivity index (χ1n) is 6.03. The maximum atomic E-state index is 13.1. The summed E-state index contributed by atoms with van der Waals surface area (Å²) in [5.41, 5.74) is -0.317. The lowest BCUT2D eigenvalue weighted by molar-refractivity contribution is -0.0281. The van der Waals surface area contributed by atoms with Crippen molar-refractivity contribution in [2.24, 2.45) is 0 Å². The Balaban J connectivity index is 1.99. The number of benzene rings is 1. The van der Waals surface area contributed by atoms with Gasteiger partial charge in [-0.1, -0.05) is 0 Å². The molecule has 0 aliphatic carbocycles. The van der Waals surface area contributed by atoms with E-state index in [4.69, 9.17) is 4.74 Å². The van der Waals surface area contributed by atoms with E-state index in [1.54, 1.807) is 0 Å². The van der Waals surface area contributed by atoms with Crippen molar-refractivity contribution in [3.8, 4) is 5.75 Å². The average Bonchev–Trinajstić information content (AvgIpc) is 2.40. The fourth-order valence-electron chi connectivity index (χ4n) is 1.96. The molecule has 0 saturated carbocycles. The van der Waals surface area contributed by atoms with Crippen molar-refractivity contribution in [1.29, 1.82) is 0 Å². The van der Waals surface area contributed by atoms with Crippen molar-refractivity contribution in [1.82, 2.24) is 5.32 Å². The molecule has 1 aliphatic rings. The minimum absolute atomic E-state index is 0.124. The number of halogens is 3. The topological polar surface area (TPSA) is 21.3 Å². The van der Waals surface area contributed by atoms with E-state index in [2.05, 4.69) is 5.32 Å². The largest absolute Gasteiger partial charge is 0.490 e. The smallest absolute Gasteiger partial charge is 0.301 e. The van der Waals surface area contributed by atoms with Gasteiger partial charge in [-0.05, 0) is 50.2 Å². The maximum Gasteiger partial charge on any atom is 0.301 e. The lowest BCUT2D eigenvalue weighted by atomic mass is 10.1. The van der Waals surface area contributed by atoms with Crippen LogP contribution in [-0.2, 0) is 5.92 Å². The van der Waals surface area contributed by atoms with Crippen LogP contribution in [0.3, 0.4) is 0 Å². The molecule has 1 fully saturated rings. The van der Waals surface area contributed by atoms with Gasteiger partial charge in [0, 0.05) is 5.56 Å². The molecule has 2 rings (SSSR count). The van der Waals surface area contributed by atoms with Crippen LogP contribution < -0.4 is 10.1 Å². The van der Waals surface area contributed by atoms with E-state index in [1.165, 1.54) is 24.3 Å². The molecule has 0 amide bonds. The van der Waals surface area contributed by atoms with Gasteiger partial charge in [0.15, 0.2) is 6.67 Å². The number of hydrogen-bond donors (Lipinski definition) is 1. The first-order valence-corrected chi connectivity index (χ1v) is 6.03. The van der Waals surface area contributed by atoms with Crippen LogP contribution in [0.2, 0.25) is 0 Å². The second kappa shape index (κ2) is 5.61. The van der Waals surface area contributed by atoms with Crippen LogP contribution in [0.25, 0.3) is 0 Å². The first-order chi connectivity index (χ1) is 8.62. The van der Waals surface area contributed by atoms with Crippen LogP contribution in [-0.4, -0.2) is 25.9 Å². The molecule has 1 N–H and O–H groups in total. The van der Waals surface area contributed by atoms with E-state index in [1.807, 2.05) is 0 Å². The minimum atomic E-state index is -3.41. The SMILES string of the molecule is FCC(F)(F)c1ccc(OC2CCNCC2)cc1. The van der Waals surface area contributed by atoms with Crippen LogP contribution >= 0.6 is 0 Å². The Morgan fingerprint density at radius 3 is 2.33 bits per heavy atom. The average molecular weight is 259 g/mol. The highest BCUT2D eigenvalue weighted by Crippen LogP contribution is 2.30. The Bertz CT molecular complexity index is 374. The lowest BCUT2D eigenvalue weighted by Gasteiger charge is -2.24. The molecule has 100 valence electrons. The number of nitrogens with one attached hydrogen (secondary N) is 1. The zero-order valence-electron chi connectivity index (χ0n) is 9.96. The first kappa shape index (κ1) is 13.2. The number of alkyl halides is 3. The normalized spacial score (nSPS) is 17.7. The zero-order chi connectivity index (χ0) is 13.0. The van der Waals surface area contributed by atoms with Crippen molar-refractivity contribution in [2.45, 2.75) is 24.9 Å². The third-order valence-corrected chi connectivity index (χ3v) is 3.03. The Kier molecular flexibility index (Phi) is 4.11. The van der Waals surface area contributed by atoms with Gasteiger partial charge in [0.05, 0.1) is 0 Å². The highest BCUT2D eigenvalue weighted by Gasteiger charge is 2.31. The minimum Gasteiger partial charge on any atom is -0.490 e. The molecule has 1 heterocycles. The van der Waals surface area contributed by atoms with E-state index in [0.717, 1.165) is 25.9 Å². The Hall–Kier alpha value is -1.23. The van der Waals surface area contributed by atoms with Crippen molar-refractivity contribution >= 4 is 0 Å². The zero-order valence-corrected chi connectivity index (χ0v) is 9.96. The number of hydrogen-bond acceptors (Lipinski definition) is 2. The molecule has 0 aromatic heterocycles. The standard InChI is InChI=1S/C13H16F3NO/c14-9-13(15,16)10-1-3-11(4-2-10)18-12-5-7-17-8-6-12/h1-4,12,17H,5-9H2. The highest BCUT2D eigenvalue weighted by atomic mass is 19.3. The predicted octanol–water partition coefficient (Wildman–Crippen LogP) is 2.88. The molecule has 0 radical (unpaired) electrons. The summed E-state index contributed by atoms with van der Waals surface area (Å²) in [6.07, 6.45) is 1.93. The van der Waals surface area contributed by atoms with Crippen molar-refractivity contribution < 1.29 is 17.9 Å². The lowest BCUT2D eigenvalue weighted by Crippen LogP contribution is -2.34. The summed E-state index contributed by atoms with van der Waals surface area (Å²) in [5, 5.41) is 3.22. The van der Waals surface area contributed by atoms with Crippen molar-refractivity contribution in [2.75, 3.05) is 19.8 Å². The quantitative estimate of drug-likeness (QED) is 0.897. The van der Waals surface area contributed by atoms with E-state index < -0.39 is 12.6 Å². The molecule has 18 heavy (non-hydrogen) atoms. The van der Waals surface area contributed by atoms with Crippen LogP contribution in [0.15, 0.2) is 24.3 Å². The molecule has 0 bridgehead atoms. The van der Waals surface area contributed by atoms with E-state index in [0.29, 0.717) is 5.75 Å². The molecule has 1 saturated heterocycles. The molecule has 2 nitrogen and oxygen atoms in total. The van der Waals surface area contributed by atoms with Gasteiger partial charge in [-0.3, -0.25) is 0 Å². The monoisotopic (exact) mass is 259 g/mol. The van der Waals surface area contributed by atoms with Crippen LogP contribution in [0.4, 0.5) is 13.2 Å². The summed E-state index contributed by atoms with van der Waals surface area (Å²) in [4.78, 5) is 0. The Morgan fingerprint density at radius 1 is 1.17 bits per heavy atom. The fourth-order valence-corrected chi connectivity index (χ4v) is 1.96. The third-order valence-electron chi connectivity index (χ3n) is 3.03.